The first-order valence-corrected chi connectivity index (χ1v) is 7.24. The lowest BCUT2D eigenvalue weighted by molar-refractivity contribution is 0.535. The number of halogens is 1. The molecule has 0 aliphatic carbocycles. The van der Waals surface area contributed by atoms with Crippen molar-refractivity contribution in [1.29, 1.82) is 0 Å². The van der Waals surface area contributed by atoms with Crippen LogP contribution in [0.3, 0.4) is 0 Å². The third-order valence-corrected chi connectivity index (χ3v) is 4.78. The average Bonchev–Trinajstić information content (AvgIpc) is 2.84. The van der Waals surface area contributed by atoms with Crippen LogP contribution < -0.4 is 0 Å². The molecular formula is C12H13BrN2S. The van der Waals surface area contributed by atoms with Crippen LogP contribution in [-0.4, -0.2) is 9.55 Å². The molecule has 0 bridgehead atoms. The molecule has 16 heavy (non-hydrogen) atoms. The van der Waals surface area contributed by atoms with Gasteiger partial charge in [-0.3, -0.25) is 0 Å². The van der Waals surface area contributed by atoms with E-state index in [1.165, 1.54) is 29.0 Å². The maximum absolute atomic E-state index is 4.69. The summed E-state index contributed by atoms with van der Waals surface area (Å²) in [6.45, 7) is 3.27. The molecule has 0 fully saturated rings. The Morgan fingerprint density at radius 1 is 1.44 bits per heavy atom. The zero-order chi connectivity index (χ0) is 11.1. The number of nitrogens with zero attached hydrogens (tertiary/aromatic N) is 2. The Balaban J connectivity index is 2.18. The van der Waals surface area contributed by atoms with Gasteiger partial charge < -0.3 is 4.57 Å². The fourth-order valence-electron chi connectivity index (χ4n) is 2.27. The van der Waals surface area contributed by atoms with Crippen molar-refractivity contribution >= 4 is 27.3 Å². The van der Waals surface area contributed by atoms with Crippen LogP contribution in [-0.2, 0) is 13.0 Å². The van der Waals surface area contributed by atoms with Crippen LogP contribution in [0.2, 0.25) is 0 Å². The first kappa shape index (κ1) is 10.5. The molecule has 4 heteroatoms. The van der Waals surface area contributed by atoms with E-state index in [0.717, 1.165) is 23.4 Å². The van der Waals surface area contributed by atoms with Gasteiger partial charge in [-0.05, 0) is 59.1 Å². The molecule has 0 radical (unpaired) electrons. The lowest BCUT2D eigenvalue weighted by atomic mass is 10.1. The highest BCUT2D eigenvalue weighted by molar-refractivity contribution is 9.10. The largest absolute Gasteiger partial charge is 0.326 e. The minimum atomic E-state index is 1.04. The Labute approximate surface area is 107 Å². The lowest BCUT2D eigenvalue weighted by Crippen LogP contribution is -2.10. The van der Waals surface area contributed by atoms with Gasteiger partial charge >= 0.3 is 0 Å². The highest BCUT2D eigenvalue weighted by Gasteiger charge is 2.20. The summed E-state index contributed by atoms with van der Waals surface area (Å²) in [6, 6.07) is 2.17. The summed E-state index contributed by atoms with van der Waals surface area (Å²) in [5.74, 6) is 1.15. The van der Waals surface area contributed by atoms with Gasteiger partial charge in [-0.25, -0.2) is 4.98 Å². The van der Waals surface area contributed by atoms with Gasteiger partial charge in [0.05, 0.1) is 10.6 Å². The number of hydrogen-bond donors (Lipinski definition) is 0. The number of thiophene rings is 1. The third-order valence-electron chi connectivity index (χ3n) is 3.13. The van der Waals surface area contributed by atoms with E-state index < -0.39 is 0 Å². The average molecular weight is 297 g/mol. The molecule has 0 atom stereocenters. The number of aryl methyl sites for hydroxylation is 1. The molecule has 0 saturated heterocycles. The second kappa shape index (κ2) is 4.00. The predicted octanol–water partition coefficient (Wildman–Crippen LogP) is 4.02. The van der Waals surface area contributed by atoms with Crippen molar-refractivity contribution < 1.29 is 0 Å². The van der Waals surface area contributed by atoms with Crippen molar-refractivity contribution in [3.8, 4) is 10.7 Å². The molecule has 0 unspecified atom stereocenters. The van der Waals surface area contributed by atoms with E-state index in [-0.39, 0.29) is 0 Å². The van der Waals surface area contributed by atoms with Crippen LogP contribution in [0.25, 0.3) is 10.7 Å². The van der Waals surface area contributed by atoms with Crippen LogP contribution in [0, 0.1) is 6.92 Å². The standard InChI is InChI=1S/C12H13BrN2S/c1-8-5-7-16-10(8)12-14-11(13)9-4-2-3-6-15(9)12/h5,7H,2-4,6H2,1H3. The summed E-state index contributed by atoms with van der Waals surface area (Å²) in [5.41, 5.74) is 2.70. The molecule has 0 saturated carbocycles. The first-order valence-electron chi connectivity index (χ1n) is 5.57. The second-order valence-corrected chi connectivity index (χ2v) is 5.88. The minimum Gasteiger partial charge on any atom is -0.326 e. The first-order chi connectivity index (χ1) is 7.77. The van der Waals surface area contributed by atoms with Crippen molar-refractivity contribution in [2.24, 2.45) is 0 Å². The molecule has 2 aromatic rings. The Bertz CT molecular complexity index is 527. The van der Waals surface area contributed by atoms with Gasteiger partial charge in [0.2, 0.25) is 0 Å². The number of hydrogen-bond acceptors (Lipinski definition) is 2. The van der Waals surface area contributed by atoms with E-state index in [0.29, 0.717) is 0 Å². The van der Waals surface area contributed by atoms with Gasteiger partial charge in [-0.1, -0.05) is 0 Å². The zero-order valence-electron chi connectivity index (χ0n) is 9.16. The van der Waals surface area contributed by atoms with E-state index >= 15 is 0 Å². The summed E-state index contributed by atoms with van der Waals surface area (Å²) in [4.78, 5) is 6.00. The summed E-state index contributed by atoms with van der Waals surface area (Å²) >= 11 is 5.37. The molecule has 3 rings (SSSR count). The number of rotatable bonds is 1. The molecule has 0 amide bonds. The molecule has 0 aromatic carbocycles. The van der Waals surface area contributed by atoms with Crippen LogP contribution in [0.4, 0.5) is 0 Å². The highest BCUT2D eigenvalue weighted by Crippen LogP contribution is 2.34. The van der Waals surface area contributed by atoms with E-state index in [9.17, 15) is 0 Å². The molecular weight excluding hydrogens is 284 g/mol. The quantitative estimate of drug-likeness (QED) is 0.777. The zero-order valence-corrected chi connectivity index (χ0v) is 11.6. The van der Waals surface area contributed by atoms with Gasteiger partial charge in [0.1, 0.15) is 4.60 Å². The number of imidazole rings is 1. The predicted molar refractivity (Wildman–Crippen MR) is 70.9 cm³/mol. The molecule has 2 nitrogen and oxygen atoms in total. The molecule has 1 aliphatic rings. The summed E-state index contributed by atoms with van der Waals surface area (Å²) in [5, 5.41) is 2.14. The topological polar surface area (TPSA) is 17.8 Å². The van der Waals surface area contributed by atoms with Crippen molar-refractivity contribution in [1.82, 2.24) is 9.55 Å². The van der Waals surface area contributed by atoms with Gasteiger partial charge in [-0.2, -0.15) is 0 Å². The fourth-order valence-corrected chi connectivity index (χ4v) is 3.78. The normalized spacial score (nSPS) is 15.1. The number of fused-ring (bicyclic) bond motifs is 1. The van der Waals surface area contributed by atoms with Crippen molar-refractivity contribution in [3.05, 3.63) is 27.3 Å². The Morgan fingerprint density at radius 2 is 2.31 bits per heavy atom. The van der Waals surface area contributed by atoms with Crippen molar-refractivity contribution in [3.63, 3.8) is 0 Å². The van der Waals surface area contributed by atoms with Crippen LogP contribution in [0.15, 0.2) is 16.0 Å². The van der Waals surface area contributed by atoms with Crippen molar-refractivity contribution in [2.45, 2.75) is 32.7 Å². The number of aromatic nitrogens is 2. The minimum absolute atomic E-state index is 1.04. The van der Waals surface area contributed by atoms with Gasteiger partial charge in [-0.15, -0.1) is 11.3 Å². The third kappa shape index (κ3) is 1.55. The maximum atomic E-state index is 4.69. The van der Waals surface area contributed by atoms with Crippen LogP contribution in [0.5, 0.6) is 0 Å². The van der Waals surface area contributed by atoms with E-state index in [4.69, 9.17) is 0 Å². The Kier molecular flexibility index (Phi) is 2.64. The SMILES string of the molecule is Cc1ccsc1-c1nc(Br)c2n1CCCC2. The van der Waals surface area contributed by atoms with Gasteiger partial charge in [0, 0.05) is 6.54 Å². The summed E-state index contributed by atoms with van der Waals surface area (Å²) in [7, 11) is 0. The Hall–Kier alpha value is -0.610. The monoisotopic (exact) mass is 296 g/mol. The van der Waals surface area contributed by atoms with Gasteiger partial charge in [0.25, 0.3) is 0 Å². The highest BCUT2D eigenvalue weighted by atomic mass is 79.9. The lowest BCUT2D eigenvalue weighted by Gasteiger charge is -2.16. The molecule has 0 N–H and O–H groups in total. The molecule has 1 aliphatic heterocycles. The van der Waals surface area contributed by atoms with E-state index in [1.54, 1.807) is 11.3 Å². The molecule has 0 spiro atoms. The van der Waals surface area contributed by atoms with E-state index in [2.05, 4.69) is 43.9 Å². The second-order valence-electron chi connectivity index (χ2n) is 4.21. The van der Waals surface area contributed by atoms with Crippen LogP contribution >= 0.6 is 27.3 Å². The molecule has 84 valence electrons. The fraction of sp³-hybridized carbons (Fsp3) is 0.417. The maximum Gasteiger partial charge on any atom is 0.151 e. The smallest absolute Gasteiger partial charge is 0.151 e. The van der Waals surface area contributed by atoms with Gasteiger partial charge in [0.15, 0.2) is 5.82 Å². The van der Waals surface area contributed by atoms with Crippen LogP contribution in [0.1, 0.15) is 24.1 Å². The van der Waals surface area contributed by atoms with E-state index in [1.807, 2.05) is 0 Å². The summed E-state index contributed by atoms with van der Waals surface area (Å²) in [6.07, 6.45) is 3.71. The van der Waals surface area contributed by atoms with Crippen molar-refractivity contribution in [2.75, 3.05) is 0 Å². The molecule has 2 aromatic heterocycles. The Morgan fingerprint density at radius 3 is 3.06 bits per heavy atom. The molecule has 3 heterocycles. The summed E-state index contributed by atoms with van der Waals surface area (Å²) < 4.78 is 3.42.